The lowest BCUT2D eigenvalue weighted by Crippen LogP contribution is -2.11. The smallest absolute Gasteiger partial charge is 0.256 e. The summed E-state index contributed by atoms with van der Waals surface area (Å²) >= 11 is 1.52. The number of thiophene rings is 1. The number of unbranched alkanes of at least 4 members (excludes halogenated alkanes) is 1. The maximum atomic E-state index is 12.4. The average Bonchev–Trinajstić information content (AvgIpc) is 3.23. The second-order valence-electron chi connectivity index (χ2n) is 5.20. The van der Waals surface area contributed by atoms with Gasteiger partial charge in [0.2, 0.25) is 0 Å². The molecule has 6 heteroatoms. The first-order chi connectivity index (χ1) is 11.3. The second-order valence-corrected chi connectivity index (χ2v) is 6.23. The third-order valence-electron chi connectivity index (χ3n) is 3.50. The summed E-state index contributed by atoms with van der Waals surface area (Å²) in [6, 6.07) is 11.3. The molecule has 0 unspecified atom stereocenters. The van der Waals surface area contributed by atoms with Gasteiger partial charge in [-0.15, -0.1) is 0 Å². The molecule has 0 fully saturated rings. The predicted octanol–water partition coefficient (Wildman–Crippen LogP) is 3.92. The van der Waals surface area contributed by atoms with E-state index in [4.69, 9.17) is 0 Å². The van der Waals surface area contributed by atoms with Crippen molar-refractivity contribution >= 4 is 22.2 Å². The summed E-state index contributed by atoms with van der Waals surface area (Å²) in [4.78, 5) is 16.4. The van der Waals surface area contributed by atoms with Crippen LogP contribution < -0.4 is 5.32 Å². The second kappa shape index (κ2) is 7.19. The zero-order chi connectivity index (χ0) is 16.1. The first-order valence-corrected chi connectivity index (χ1v) is 8.43. The fourth-order valence-electron chi connectivity index (χ4n) is 2.27. The monoisotopic (exact) mass is 326 g/mol. The number of rotatable bonds is 6. The first kappa shape index (κ1) is 15.4. The molecule has 0 aliphatic heterocycles. The summed E-state index contributed by atoms with van der Waals surface area (Å²) in [5, 5.41) is 9.04. The minimum absolute atomic E-state index is 0.0876. The van der Waals surface area contributed by atoms with Crippen molar-refractivity contribution in [3.8, 4) is 5.00 Å². The van der Waals surface area contributed by atoms with E-state index in [1.807, 2.05) is 30.3 Å². The number of hydrogen-bond donors (Lipinski definition) is 1. The Morgan fingerprint density at radius 1 is 1.30 bits per heavy atom. The minimum Gasteiger partial charge on any atom is -0.313 e. The zero-order valence-corrected chi connectivity index (χ0v) is 13.7. The van der Waals surface area contributed by atoms with Gasteiger partial charge in [0.1, 0.15) is 22.7 Å². The molecular formula is C17H18N4OS. The fraction of sp³-hybridized carbons (Fsp3) is 0.235. The molecule has 0 atom stereocenters. The number of anilines is 1. The van der Waals surface area contributed by atoms with Crippen LogP contribution >= 0.6 is 11.3 Å². The van der Waals surface area contributed by atoms with Crippen molar-refractivity contribution in [2.45, 2.75) is 26.2 Å². The van der Waals surface area contributed by atoms with Gasteiger partial charge in [-0.3, -0.25) is 4.79 Å². The number of hydrogen-bond acceptors (Lipinski definition) is 4. The van der Waals surface area contributed by atoms with E-state index in [2.05, 4.69) is 28.4 Å². The van der Waals surface area contributed by atoms with E-state index >= 15 is 0 Å². The highest BCUT2D eigenvalue weighted by Gasteiger charge is 2.14. The first-order valence-electron chi connectivity index (χ1n) is 7.62. The van der Waals surface area contributed by atoms with E-state index in [-0.39, 0.29) is 5.91 Å². The number of carbonyl (C=O) groups excluding carboxylic acids is 1. The Labute approximate surface area is 139 Å². The predicted molar refractivity (Wildman–Crippen MR) is 92.2 cm³/mol. The van der Waals surface area contributed by atoms with E-state index < -0.39 is 0 Å². The highest BCUT2D eigenvalue weighted by molar-refractivity contribution is 7.18. The molecular weight excluding hydrogens is 308 g/mol. The molecule has 1 amide bonds. The lowest BCUT2D eigenvalue weighted by atomic mass is 10.1. The van der Waals surface area contributed by atoms with Gasteiger partial charge in [0.05, 0.1) is 0 Å². The molecule has 0 saturated carbocycles. The topological polar surface area (TPSA) is 59.8 Å². The molecule has 0 radical (unpaired) electrons. The molecule has 3 rings (SSSR count). The third kappa shape index (κ3) is 3.65. The molecule has 0 aliphatic carbocycles. The summed E-state index contributed by atoms with van der Waals surface area (Å²) < 4.78 is 1.72. The lowest BCUT2D eigenvalue weighted by Gasteiger charge is -2.05. The van der Waals surface area contributed by atoms with E-state index in [0.29, 0.717) is 5.56 Å². The van der Waals surface area contributed by atoms with Gasteiger partial charge >= 0.3 is 0 Å². The van der Waals surface area contributed by atoms with Crippen molar-refractivity contribution in [2.24, 2.45) is 0 Å². The Morgan fingerprint density at radius 2 is 2.13 bits per heavy atom. The normalized spacial score (nSPS) is 10.7. The highest BCUT2D eigenvalue weighted by atomic mass is 32.1. The van der Waals surface area contributed by atoms with Gasteiger partial charge in [0.25, 0.3) is 5.91 Å². The largest absolute Gasteiger partial charge is 0.313 e. The lowest BCUT2D eigenvalue weighted by molar-refractivity contribution is 0.102. The van der Waals surface area contributed by atoms with E-state index in [1.165, 1.54) is 17.7 Å². The molecule has 23 heavy (non-hydrogen) atoms. The molecule has 118 valence electrons. The number of nitrogens with zero attached hydrogens (tertiary/aromatic N) is 3. The van der Waals surface area contributed by atoms with Crippen LogP contribution in [-0.2, 0) is 6.42 Å². The van der Waals surface area contributed by atoms with Crippen LogP contribution in [0.15, 0.2) is 49.1 Å². The van der Waals surface area contributed by atoms with Crippen molar-refractivity contribution < 1.29 is 4.79 Å². The molecule has 5 nitrogen and oxygen atoms in total. The van der Waals surface area contributed by atoms with Crippen LogP contribution in [0.5, 0.6) is 0 Å². The van der Waals surface area contributed by atoms with Crippen molar-refractivity contribution in [2.75, 3.05) is 5.32 Å². The summed E-state index contributed by atoms with van der Waals surface area (Å²) in [5.74, 6) is -0.0876. The average molecular weight is 326 g/mol. The summed E-state index contributed by atoms with van der Waals surface area (Å²) in [6.07, 6.45) is 6.31. The van der Waals surface area contributed by atoms with Gasteiger partial charge in [-0.05, 0) is 36.6 Å². The molecule has 0 saturated heterocycles. The summed E-state index contributed by atoms with van der Waals surface area (Å²) in [6.45, 7) is 2.16. The molecule has 0 aliphatic rings. The number of aromatic nitrogens is 3. The number of aryl methyl sites for hydroxylation is 1. The van der Waals surface area contributed by atoms with Crippen molar-refractivity contribution in [3.63, 3.8) is 0 Å². The molecule has 3 aromatic rings. The van der Waals surface area contributed by atoms with Crippen molar-refractivity contribution in [1.29, 1.82) is 0 Å². The van der Waals surface area contributed by atoms with Gasteiger partial charge in [-0.25, -0.2) is 9.67 Å². The van der Waals surface area contributed by atoms with Crippen LogP contribution in [0.2, 0.25) is 0 Å². The van der Waals surface area contributed by atoms with Gasteiger partial charge < -0.3 is 5.32 Å². The maximum Gasteiger partial charge on any atom is 0.256 e. The van der Waals surface area contributed by atoms with Gasteiger partial charge in [0.15, 0.2) is 0 Å². The molecule has 2 heterocycles. The number of carbonyl (C=O) groups is 1. The van der Waals surface area contributed by atoms with E-state index in [1.54, 1.807) is 11.0 Å². The summed E-state index contributed by atoms with van der Waals surface area (Å²) in [7, 11) is 0. The highest BCUT2D eigenvalue weighted by Crippen LogP contribution is 2.32. The van der Waals surface area contributed by atoms with Crippen LogP contribution in [0.25, 0.3) is 5.00 Å². The van der Waals surface area contributed by atoms with Gasteiger partial charge in [-0.2, -0.15) is 5.10 Å². The number of nitrogens with one attached hydrogen (secondary N) is 1. The fourth-order valence-corrected chi connectivity index (χ4v) is 3.31. The molecule has 1 aromatic carbocycles. The maximum absolute atomic E-state index is 12.4. The van der Waals surface area contributed by atoms with Crippen LogP contribution in [0, 0.1) is 0 Å². The Morgan fingerprint density at radius 3 is 2.83 bits per heavy atom. The number of amides is 1. The Hall–Kier alpha value is -2.47. The van der Waals surface area contributed by atoms with Crippen LogP contribution in [0.1, 0.15) is 35.7 Å². The van der Waals surface area contributed by atoms with Crippen LogP contribution in [0.4, 0.5) is 5.00 Å². The SMILES string of the molecule is CCCCc1cc(-n2cncn2)sc1NC(=O)c1ccccc1. The van der Waals surface area contributed by atoms with Gasteiger partial charge in [0, 0.05) is 5.56 Å². The molecule has 2 aromatic heterocycles. The molecule has 0 bridgehead atoms. The zero-order valence-electron chi connectivity index (χ0n) is 12.9. The van der Waals surface area contributed by atoms with Crippen LogP contribution in [-0.4, -0.2) is 20.7 Å². The number of benzene rings is 1. The van der Waals surface area contributed by atoms with E-state index in [0.717, 1.165) is 34.8 Å². The van der Waals surface area contributed by atoms with Gasteiger partial charge in [-0.1, -0.05) is 42.9 Å². The summed E-state index contributed by atoms with van der Waals surface area (Å²) in [5.41, 5.74) is 1.80. The van der Waals surface area contributed by atoms with E-state index in [9.17, 15) is 4.79 Å². The third-order valence-corrected chi connectivity index (χ3v) is 4.59. The van der Waals surface area contributed by atoms with Crippen molar-refractivity contribution in [1.82, 2.24) is 14.8 Å². The Kier molecular flexibility index (Phi) is 4.83. The molecule has 1 N–H and O–H groups in total. The quantitative estimate of drug-likeness (QED) is 0.747. The Balaban J connectivity index is 1.86. The minimum atomic E-state index is -0.0876. The standard InChI is InChI=1S/C17H18N4OS/c1-2-3-7-14-10-15(21-12-18-11-19-21)23-17(14)20-16(22)13-8-5-4-6-9-13/h4-6,8-12H,2-3,7H2,1H3,(H,20,22). The molecule has 0 spiro atoms. The Bertz CT molecular complexity index is 765. The van der Waals surface area contributed by atoms with Crippen LogP contribution in [0.3, 0.4) is 0 Å². The van der Waals surface area contributed by atoms with Crippen molar-refractivity contribution in [3.05, 3.63) is 60.2 Å².